The van der Waals surface area contributed by atoms with Gasteiger partial charge in [0.2, 0.25) is 0 Å². The number of hydrogen-bond donors (Lipinski definition) is 2. The van der Waals surface area contributed by atoms with Crippen LogP contribution in [0.4, 0.5) is 22.7 Å². The highest BCUT2D eigenvalue weighted by molar-refractivity contribution is 6.05. The number of rotatable bonds is 10. The molecule has 0 fully saturated rings. The fourth-order valence-corrected chi connectivity index (χ4v) is 7.20. The van der Waals surface area contributed by atoms with Crippen molar-refractivity contribution in [3.63, 3.8) is 0 Å². The standard InChI is InChI=1S/C54H46N2/c1-37-15-23-41(24-16-37)27-33-49-45(43-29-19-39(3)20-30-43)11-7-13-51(49)55-53-35-36-54(48-10-6-5-9-47(48)53)56-52-14-8-12-46(44-31-21-40(4)22-32-44)50(52)34-28-42-25-17-38(2)18-26-42/h5-36,55-56H,1-4H3. The molecule has 0 amide bonds. The van der Waals surface area contributed by atoms with Gasteiger partial charge in [0, 0.05) is 44.6 Å². The second-order valence-electron chi connectivity index (χ2n) is 14.7. The van der Waals surface area contributed by atoms with E-state index in [1.54, 1.807) is 0 Å². The van der Waals surface area contributed by atoms with Crippen LogP contribution in [0.15, 0.2) is 170 Å². The van der Waals surface area contributed by atoms with E-state index >= 15 is 0 Å². The van der Waals surface area contributed by atoms with Gasteiger partial charge in [-0.2, -0.15) is 0 Å². The van der Waals surface area contributed by atoms with E-state index in [0.29, 0.717) is 0 Å². The molecule has 0 radical (unpaired) electrons. The monoisotopic (exact) mass is 722 g/mol. The second kappa shape index (κ2) is 16.2. The molecule has 272 valence electrons. The lowest BCUT2D eigenvalue weighted by Crippen LogP contribution is -1.99. The Kier molecular flexibility index (Phi) is 10.5. The third kappa shape index (κ3) is 8.11. The van der Waals surface area contributed by atoms with Gasteiger partial charge in [-0.1, -0.05) is 192 Å². The molecule has 2 heteroatoms. The Morgan fingerprint density at radius 3 is 1.04 bits per heavy atom. The average Bonchev–Trinajstić information content (AvgIpc) is 3.22. The molecule has 2 nitrogen and oxygen atoms in total. The van der Waals surface area contributed by atoms with Crippen LogP contribution in [0.2, 0.25) is 0 Å². The zero-order valence-electron chi connectivity index (χ0n) is 32.5. The molecule has 0 aliphatic carbocycles. The van der Waals surface area contributed by atoms with E-state index < -0.39 is 0 Å². The van der Waals surface area contributed by atoms with Crippen molar-refractivity contribution in [2.24, 2.45) is 0 Å². The van der Waals surface area contributed by atoms with Crippen LogP contribution >= 0.6 is 0 Å². The predicted molar refractivity (Wildman–Crippen MR) is 244 cm³/mol. The van der Waals surface area contributed by atoms with Gasteiger partial charge in [0.05, 0.1) is 0 Å². The lowest BCUT2D eigenvalue weighted by molar-refractivity contribution is 1.46. The van der Waals surface area contributed by atoms with E-state index in [-0.39, 0.29) is 0 Å². The number of fused-ring (bicyclic) bond motifs is 1. The molecule has 56 heavy (non-hydrogen) atoms. The van der Waals surface area contributed by atoms with Crippen LogP contribution in [0.5, 0.6) is 0 Å². The van der Waals surface area contributed by atoms with Crippen LogP contribution < -0.4 is 10.6 Å². The first-order valence-electron chi connectivity index (χ1n) is 19.3. The van der Waals surface area contributed by atoms with Crippen LogP contribution in [0.25, 0.3) is 57.3 Å². The van der Waals surface area contributed by atoms with E-state index in [0.717, 1.165) is 44.6 Å². The Bertz CT molecular complexity index is 2490. The maximum absolute atomic E-state index is 3.87. The van der Waals surface area contributed by atoms with Crippen LogP contribution in [0.1, 0.15) is 44.5 Å². The molecule has 0 bridgehead atoms. The van der Waals surface area contributed by atoms with Crippen molar-refractivity contribution in [2.75, 3.05) is 10.6 Å². The number of hydrogen-bond acceptors (Lipinski definition) is 2. The summed E-state index contributed by atoms with van der Waals surface area (Å²) >= 11 is 0. The highest BCUT2D eigenvalue weighted by atomic mass is 14.9. The maximum Gasteiger partial charge on any atom is 0.0465 e. The summed E-state index contributed by atoms with van der Waals surface area (Å²) in [4.78, 5) is 0. The van der Waals surface area contributed by atoms with Crippen molar-refractivity contribution in [1.29, 1.82) is 0 Å². The highest BCUT2D eigenvalue weighted by Crippen LogP contribution is 2.39. The molecule has 0 aliphatic rings. The fourth-order valence-electron chi connectivity index (χ4n) is 7.20. The van der Waals surface area contributed by atoms with Crippen LogP contribution in [-0.4, -0.2) is 0 Å². The Labute approximate surface area is 331 Å². The lowest BCUT2D eigenvalue weighted by Gasteiger charge is -2.19. The largest absolute Gasteiger partial charge is 0.355 e. The maximum atomic E-state index is 3.87. The van der Waals surface area contributed by atoms with Crippen molar-refractivity contribution >= 4 is 57.8 Å². The van der Waals surface area contributed by atoms with Crippen LogP contribution in [0.3, 0.4) is 0 Å². The zero-order valence-corrected chi connectivity index (χ0v) is 32.5. The van der Waals surface area contributed by atoms with Gasteiger partial charge >= 0.3 is 0 Å². The lowest BCUT2D eigenvalue weighted by atomic mass is 9.95. The summed E-state index contributed by atoms with van der Waals surface area (Å²) in [7, 11) is 0. The Morgan fingerprint density at radius 1 is 0.304 bits per heavy atom. The first-order valence-corrected chi connectivity index (χ1v) is 19.3. The Balaban J connectivity index is 1.19. The molecule has 0 unspecified atom stereocenters. The molecular weight excluding hydrogens is 677 g/mol. The topological polar surface area (TPSA) is 24.1 Å². The first kappa shape index (κ1) is 36.1. The molecule has 8 rings (SSSR count). The molecule has 0 aliphatic heterocycles. The van der Waals surface area contributed by atoms with E-state index in [2.05, 4.69) is 232 Å². The van der Waals surface area contributed by atoms with E-state index in [1.807, 2.05) is 0 Å². The molecule has 8 aromatic rings. The number of nitrogens with one attached hydrogen (secondary N) is 2. The smallest absolute Gasteiger partial charge is 0.0465 e. The van der Waals surface area contributed by atoms with Crippen molar-refractivity contribution in [2.45, 2.75) is 27.7 Å². The molecule has 0 atom stereocenters. The molecular formula is C54H46N2. The predicted octanol–water partition coefficient (Wildman–Crippen LogP) is 15.2. The van der Waals surface area contributed by atoms with Crippen molar-refractivity contribution in [1.82, 2.24) is 0 Å². The van der Waals surface area contributed by atoms with Crippen molar-refractivity contribution in [3.05, 3.63) is 214 Å². The van der Waals surface area contributed by atoms with Gasteiger partial charge in [-0.3, -0.25) is 0 Å². The normalized spacial score (nSPS) is 11.4. The molecule has 0 aromatic heterocycles. The number of anilines is 4. The van der Waals surface area contributed by atoms with E-state index in [9.17, 15) is 0 Å². The summed E-state index contributed by atoms with van der Waals surface area (Å²) in [6.45, 7) is 8.51. The third-order valence-electron chi connectivity index (χ3n) is 10.4. The number of aryl methyl sites for hydroxylation is 4. The summed E-state index contributed by atoms with van der Waals surface area (Å²) < 4.78 is 0. The second-order valence-corrected chi connectivity index (χ2v) is 14.7. The van der Waals surface area contributed by atoms with Gasteiger partial charge < -0.3 is 10.6 Å². The van der Waals surface area contributed by atoms with Crippen molar-refractivity contribution in [3.8, 4) is 22.3 Å². The fraction of sp³-hybridized carbons (Fsp3) is 0.0741. The van der Waals surface area contributed by atoms with Crippen LogP contribution in [-0.2, 0) is 0 Å². The minimum Gasteiger partial charge on any atom is -0.355 e. The van der Waals surface area contributed by atoms with Gasteiger partial charge in [-0.05, 0) is 85.3 Å². The molecule has 0 heterocycles. The number of benzene rings is 8. The van der Waals surface area contributed by atoms with Gasteiger partial charge in [0.25, 0.3) is 0 Å². The molecule has 0 spiro atoms. The SMILES string of the molecule is Cc1ccc(C=Cc2c(Nc3ccc(Nc4cccc(-c5ccc(C)cc5)c4C=Cc4ccc(C)cc4)c4ccccc34)cccc2-c2ccc(C)cc2)cc1. The summed E-state index contributed by atoms with van der Waals surface area (Å²) in [5.74, 6) is 0. The van der Waals surface area contributed by atoms with Gasteiger partial charge in [0.15, 0.2) is 0 Å². The quantitative estimate of drug-likeness (QED) is 0.137. The van der Waals surface area contributed by atoms with Crippen LogP contribution in [0, 0.1) is 27.7 Å². The molecule has 2 N–H and O–H groups in total. The van der Waals surface area contributed by atoms with Gasteiger partial charge in [0.1, 0.15) is 0 Å². The summed E-state index contributed by atoms with van der Waals surface area (Å²) in [5.41, 5.74) is 18.5. The highest BCUT2D eigenvalue weighted by Gasteiger charge is 2.14. The Morgan fingerprint density at radius 2 is 0.661 bits per heavy atom. The molecule has 0 saturated heterocycles. The Hall–Kier alpha value is -6.90. The van der Waals surface area contributed by atoms with E-state index in [4.69, 9.17) is 0 Å². The minimum absolute atomic E-state index is 1.05. The third-order valence-corrected chi connectivity index (χ3v) is 10.4. The zero-order chi connectivity index (χ0) is 38.4. The van der Waals surface area contributed by atoms with Crippen molar-refractivity contribution < 1.29 is 0 Å². The first-order chi connectivity index (χ1) is 27.4. The summed E-state index contributed by atoms with van der Waals surface area (Å²) in [5, 5.41) is 10.0. The average molecular weight is 723 g/mol. The van der Waals surface area contributed by atoms with Gasteiger partial charge in [-0.15, -0.1) is 0 Å². The summed E-state index contributed by atoms with van der Waals surface area (Å²) in [6.07, 6.45) is 8.90. The van der Waals surface area contributed by atoms with Gasteiger partial charge in [-0.25, -0.2) is 0 Å². The summed E-state index contributed by atoms with van der Waals surface area (Å²) in [6, 6.07) is 61.0. The van der Waals surface area contributed by atoms with E-state index in [1.165, 1.54) is 55.6 Å². The minimum atomic E-state index is 1.05. The molecule has 8 aromatic carbocycles. The molecule has 0 saturated carbocycles.